The molecule has 0 aliphatic carbocycles. The van der Waals surface area contributed by atoms with Crippen molar-refractivity contribution in [3.8, 4) is 28.2 Å². The first-order valence-electron chi connectivity index (χ1n) is 12.2. The van der Waals surface area contributed by atoms with Gasteiger partial charge in [-0.05, 0) is 60.2 Å². The van der Waals surface area contributed by atoms with E-state index in [1.165, 1.54) is 12.1 Å². The number of fused-ring (bicyclic) bond motifs is 1. The van der Waals surface area contributed by atoms with Crippen molar-refractivity contribution < 1.29 is 9.18 Å². The topological polar surface area (TPSA) is 112 Å². The van der Waals surface area contributed by atoms with Crippen LogP contribution in [0.3, 0.4) is 0 Å². The lowest BCUT2D eigenvalue weighted by atomic mass is 10.1. The average molecular weight is 516 g/mol. The number of pyridine rings is 3. The number of nitrogens with two attached hydrogens (primary N) is 1. The summed E-state index contributed by atoms with van der Waals surface area (Å²) in [5.74, 6) is 0.306. The molecular formula is C30H22FN7O. The lowest BCUT2D eigenvalue weighted by molar-refractivity contribution is -0.115. The molecule has 4 aromatic heterocycles. The third kappa shape index (κ3) is 4.93. The second-order valence-electron chi connectivity index (χ2n) is 8.92. The fourth-order valence-corrected chi connectivity index (χ4v) is 4.41. The predicted molar refractivity (Wildman–Crippen MR) is 148 cm³/mol. The lowest BCUT2D eigenvalue weighted by Gasteiger charge is -2.11. The number of aromatic nitrogens is 5. The molecule has 1 amide bonds. The van der Waals surface area contributed by atoms with Gasteiger partial charge in [0.15, 0.2) is 11.5 Å². The molecule has 6 aromatic rings. The van der Waals surface area contributed by atoms with Crippen LogP contribution in [0.5, 0.6) is 0 Å². The van der Waals surface area contributed by atoms with Gasteiger partial charge in [-0.3, -0.25) is 14.3 Å². The Bertz CT molecular complexity index is 1800. The summed E-state index contributed by atoms with van der Waals surface area (Å²) < 4.78 is 15.4. The summed E-state index contributed by atoms with van der Waals surface area (Å²) in [7, 11) is 0. The Morgan fingerprint density at radius 1 is 0.897 bits per heavy atom. The van der Waals surface area contributed by atoms with Crippen LogP contribution in [0.15, 0.2) is 104 Å². The molecule has 0 aliphatic heterocycles. The molecule has 0 atom stereocenters. The van der Waals surface area contributed by atoms with E-state index in [0.717, 1.165) is 22.4 Å². The van der Waals surface area contributed by atoms with Crippen LogP contribution in [0, 0.1) is 5.82 Å². The molecule has 0 spiro atoms. The minimum atomic E-state index is -0.407. The van der Waals surface area contributed by atoms with Gasteiger partial charge in [0.05, 0.1) is 12.0 Å². The smallest absolute Gasteiger partial charge is 0.228 e. The second-order valence-corrected chi connectivity index (χ2v) is 8.92. The maximum absolute atomic E-state index is 13.4. The van der Waals surface area contributed by atoms with Crippen LogP contribution in [-0.2, 0) is 11.2 Å². The Morgan fingerprint density at radius 3 is 2.51 bits per heavy atom. The summed E-state index contributed by atoms with van der Waals surface area (Å²) in [6, 6.07) is 22.8. The molecule has 0 fully saturated rings. The maximum Gasteiger partial charge on any atom is 0.228 e. The molecule has 0 saturated heterocycles. The standard InChI is InChI=1S/C30H22FN7O/c31-22-5-1-6-23(16-22)36-27(39)14-19-8-10-24(11-9-19)38-29(25-7-3-13-34-28(25)32)37-26-15-21(18-35-30(26)38)20-4-2-12-33-17-20/h1-13,15-18H,14H2,(H2,32,34)(H,36,39). The lowest BCUT2D eigenvalue weighted by Crippen LogP contribution is -2.14. The van der Waals surface area contributed by atoms with Crippen LogP contribution in [0.1, 0.15) is 5.56 Å². The van der Waals surface area contributed by atoms with E-state index in [2.05, 4.69) is 15.3 Å². The second kappa shape index (κ2) is 10.1. The molecule has 0 radical (unpaired) electrons. The number of hydrogen-bond acceptors (Lipinski definition) is 6. The predicted octanol–water partition coefficient (Wildman–Crippen LogP) is 5.45. The monoisotopic (exact) mass is 515 g/mol. The Hall–Kier alpha value is -5.44. The fraction of sp³-hybridized carbons (Fsp3) is 0.0333. The van der Waals surface area contributed by atoms with Crippen molar-refractivity contribution >= 4 is 28.6 Å². The van der Waals surface area contributed by atoms with E-state index < -0.39 is 5.82 Å². The van der Waals surface area contributed by atoms with E-state index in [0.29, 0.717) is 34.1 Å². The maximum atomic E-state index is 13.4. The number of nitrogen functional groups attached to an aromatic ring is 1. The Balaban J connectivity index is 1.36. The van der Waals surface area contributed by atoms with E-state index in [-0.39, 0.29) is 12.3 Å². The number of amides is 1. The van der Waals surface area contributed by atoms with Gasteiger partial charge in [-0.2, -0.15) is 0 Å². The van der Waals surface area contributed by atoms with Crippen molar-refractivity contribution in [2.45, 2.75) is 6.42 Å². The van der Waals surface area contributed by atoms with E-state index in [1.54, 1.807) is 36.9 Å². The first-order chi connectivity index (χ1) is 19.0. The van der Waals surface area contributed by atoms with E-state index >= 15 is 0 Å². The molecule has 0 saturated carbocycles. The zero-order valence-corrected chi connectivity index (χ0v) is 20.6. The van der Waals surface area contributed by atoms with Crippen molar-refractivity contribution in [3.05, 3.63) is 115 Å². The van der Waals surface area contributed by atoms with E-state index in [9.17, 15) is 9.18 Å². The number of halogens is 1. The van der Waals surface area contributed by atoms with Crippen LogP contribution in [0.2, 0.25) is 0 Å². The van der Waals surface area contributed by atoms with Gasteiger partial charge >= 0.3 is 0 Å². The molecule has 8 nitrogen and oxygen atoms in total. The molecule has 0 bridgehead atoms. The number of nitrogens with zero attached hydrogens (tertiary/aromatic N) is 5. The largest absolute Gasteiger partial charge is 0.383 e. The van der Waals surface area contributed by atoms with Gasteiger partial charge in [0.1, 0.15) is 17.2 Å². The summed E-state index contributed by atoms with van der Waals surface area (Å²) in [6.07, 6.45) is 7.06. The Kier molecular flexibility index (Phi) is 6.22. The van der Waals surface area contributed by atoms with Crippen LogP contribution >= 0.6 is 0 Å². The molecule has 9 heteroatoms. The highest BCUT2D eigenvalue weighted by atomic mass is 19.1. The van der Waals surface area contributed by atoms with Crippen LogP contribution < -0.4 is 11.1 Å². The number of carbonyl (C=O) groups is 1. The van der Waals surface area contributed by atoms with Crippen molar-refractivity contribution in [2.24, 2.45) is 0 Å². The highest BCUT2D eigenvalue weighted by Gasteiger charge is 2.19. The van der Waals surface area contributed by atoms with E-state index in [1.807, 2.05) is 59.2 Å². The highest BCUT2D eigenvalue weighted by Crippen LogP contribution is 2.32. The molecule has 190 valence electrons. The van der Waals surface area contributed by atoms with Crippen LogP contribution in [-0.4, -0.2) is 30.4 Å². The zero-order valence-electron chi connectivity index (χ0n) is 20.6. The van der Waals surface area contributed by atoms with Crippen molar-refractivity contribution in [3.63, 3.8) is 0 Å². The molecule has 2 aromatic carbocycles. The first-order valence-corrected chi connectivity index (χ1v) is 12.2. The van der Waals surface area contributed by atoms with Crippen molar-refractivity contribution in [2.75, 3.05) is 11.1 Å². The molecule has 0 aliphatic rings. The Labute approximate surface area is 223 Å². The summed E-state index contributed by atoms with van der Waals surface area (Å²) >= 11 is 0. The van der Waals surface area contributed by atoms with Gasteiger partial charge in [0.25, 0.3) is 0 Å². The minimum Gasteiger partial charge on any atom is -0.383 e. The number of nitrogens with one attached hydrogen (secondary N) is 1. The third-order valence-electron chi connectivity index (χ3n) is 6.24. The van der Waals surface area contributed by atoms with Crippen molar-refractivity contribution in [1.29, 1.82) is 0 Å². The number of hydrogen-bond donors (Lipinski definition) is 2. The summed E-state index contributed by atoms with van der Waals surface area (Å²) in [6.45, 7) is 0. The zero-order chi connectivity index (χ0) is 26.8. The average Bonchev–Trinajstić information content (AvgIpc) is 3.33. The number of anilines is 2. The molecule has 39 heavy (non-hydrogen) atoms. The Morgan fingerprint density at radius 2 is 1.74 bits per heavy atom. The number of rotatable bonds is 6. The number of imidazole rings is 1. The van der Waals surface area contributed by atoms with Crippen molar-refractivity contribution in [1.82, 2.24) is 24.5 Å². The normalized spacial score (nSPS) is 11.0. The van der Waals surface area contributed by atoms with Gasteiger partial charge < -0.3 is 11.1 Å². The fourth-order valence-electron chi connectivity index (χ4n) is 4.41. The molecule has 3 N–H and O–H groups in total. The minimum absolute atomic E-state index is 0.136. The van der Waals surface area contributed by atoms with E-state index in [4.69, 9.17) is 15.7 Å². The molecule has 0 unspecified atom stereocenters. The quantitative estimate of drug-likeness (QED) is 0.305. The SMILES string of the molecule is Nc1ncccc1-c1nc2cc(-c3cccnc3)cnc2n1-c1ccc(CC(=O)Nc2cccc(F)c2)cc1. The first kappa shape index (κ1) is 23.9. The molecular weight excluding hydrogens is 493 g/mol. The van der Waals surface area contributed by atoms with Gasteiger partial charge in [-0.25, -0.2) is 19.3 Å². The highest BCUT2D eigenvalue weighted by molar-refractivity contribution is 5.92. The van der Waals surface area contributed by atoms with Gasteiger partial charge in [-0.1, -0.05) is 24.3 Å². The summed E-state index contributed by atoms with van der Waals surface area (Å²) in [5, 5.41) is 2.72. The summed E-state index contributed by atoms with van der Waals surface area (Å²) in [4.78, 5) is 30.6. The van der Waals surface area contributed by atoms with Gasteiger partial charge in [0.2, 0.25) is 5.91 Å². The third-order valence-corrected chi connectivity index (χ3v) is 6.24. The summed E-state index contributed by atoms with van der Waals surface area (Å²) in [5.41, 5.74) is 12.1. The van der Waals surface area contributed by atoms with Gasteiger partial charge in [-0.15, -0.1) is 0 Å². The number of benzene rings is 2. The number of carbonyl (C=O) groups excluding carboxylic acids is 1. The van der Waals surface area contributed by atoms with Crippen LogP contribution in [0.4, 0.5) is 15.9 Å². The molecule has 6 rings (SSSR count). The molecule has 4 heterocycles. The van der Waals surface area contributed by atoms with Crippen LogP contribution in [0.25, 0.3) is 39.4 Å². The van der Waals surface area contributed by atoms with Gasteiger partial charge in [0, 0.05) is 47.3 Å².